The van der Waals surface area contributed by atoms with E-state index >= 15 is 0 Å². The maximum absolute atomic E-state index is 13.9. The van der Waals surface area contributed by atoms with Crippen LogP contribution in [0, 0.1) is 17.1 Å². The average Bonchev–Trinajstić information content (AvgIpc) is 2.98. The molecule has 2 aromatic heterocycles. The minimum Gasteiger partial charge on any atom is -0.354 e. The van der Waals surface area contributed by atoms with Crippen LogP contribution in [0.1, 0.15) is 35.5 Å². The first kappa shape index (κ1) is 30.3. The fraction of sp³-hybridized carbons (Fsp3) is 0.276. The molecule has 0 saturated heterocycles. The molecule has 4 rings (SSSR count). The van der Waals surface area contributed by atoms with Gasteiger partial charge in [-0.05, 0) is 61.0 Å². The van der Waals surface area contributed by atoms with Crippen molar-refractivity contribution in [1.82, 2.24) is 19.4 Å². The summed E-state index contributed by atoms with van der Waals surface area (Å²) >= 11 is 0. The van der Waals surface area contributed by atoms with Crippen molar-refractivity contribution in [3.05, 3.63) is 99.5 Å². The summed E-state index contributed by atoms with van der Waals surface area (Å²) in [5.74, 6) is -2.03. The van der Waals surface area contributed by atoms with Crippen LogP contribution in [-0.4, -0.2) is 52.4 Å². The third kappa shape index (κ3) is 6.29. The van der Waals surface area contributed by atoms with Crippen LogP contribution in [-0.2, 0) is 26.9 Å². The molecule has 218 valence electrons. The zero-order valence-electron chi connectivity index (χ0n) is 22.7. The second-order valence-corrected chi connectivity index (χ2v) is 9.26. The molecule has 0 fully saturated rings. The Morgan fingerprint density at radius 1 is 1.12 bits per heavy atom. The SMILES string of the molecule is COC(CN(C(=O)Cc1ccc(F)c(C(F)(F)F)c1)[C@H](C)c1nc2ncccc2c(=O)n1-c1ccc(C#N)cc1)OC. The lowest BCUT2D eigenvalue weighted by Crippen LogP contribution is -2.43. The van der Waals surface area contributed by atoms with Crippen molar-refractivity contribution in [2.75, 3.05) is 20.8 Å². The second kappa shape index (κ2) is 12.5. The van der Waals surface area contributed by atoms with Crippen LogP contribution < -0.4 is 5.56 Å². The van der Waals surface area contributed by atoms with E-state index in [9.17, 15) is 32.4 Å². The number of pyridine rings is 1. The number of nitriles is 1. The molecule has 4 aromatic rings. The van der Waals surface area contributed by atoms with Crippen molar-refractivity contribution < 1.29 is 31.8 Å². The number of carbonyl (C=O) groups is 1. The van der Waals surface area contributed by atoms with Crippen molar-refractivity contribution in [1.29, 1.82) is 5.26 Å². The summed E-state index contributed by atoms with van der Waals surface area (Å²) in [7, 11) is 2.70. The Morgan fingerprint density at radius 2 is 1.81 bits per heavy atom. The summed E-state index contributed by atoms with van der Waals surface area (Å²) in [5.41, 5.74) is -1.23. The molecule has 1 amide bonds. The molecule has 0 saturated carbocycles. The van der Waals surface area contributed by atoms with Gasteiger partial charge in [-0.25, -0.2) is 14.4 Å². The number of rotatable bonds is 9. The minimum absolute atomic E-state index is 0.0741. The minimum atomic E-state index is -4.95. The summed E-state index contributed by atoms with van der Waals surface area (Å²) in [6.07, 6.45) is -4.96. The molecule has 0 spiro atoms. The Labute approximate surface area is 237 Å². The average molecular weight is 584 g/mol. The highest BCUT2D eigenvalue weighted by molar-refractivity contribution is 5.79. The van der Waals surface area contributed by atoms with Gasteiger partial charge in [-0.1, -0.05) is 6.07 Å². The van der Waals surface area contributed by atoms with Gasteiger partial charge in [0.25, 0.3) is 5.56 Å². The van der Waals surface area contributed by atoms with Crippen molar-refractivity contribution in [3.63, 3.8) is 0 Å². The van der Waals surface area contributed by atoms with Gasteiger partial charge in [-0.3, -0.25) is 14.2 Å². The Bertz CT molecular complexity index is 1700. The fourth-order valence-corrected chi connectivity index (χ4v) is 4.45. The van der Waals surface area contributed by atoms with E-state index in [1.807, 2.05) is 6.07 Å². The van der Waals surface area contributed by atoms with Gasteiger partial charge in [0.2, 0.25) is 5.91 Å². The quantitative estimate of drug-likeness (QED) is 0.210. The van der Waals surface area contributed by atoms with Crippen LogP contribution in [0.4, 0.5) is 17.6 Å². The normalized spacial score (nSPS) is 12.4. The third-order valence-corrected chi connectivity index (χ3v) is 6.65. The lowest BCUT2D eigenvalue weighted by atomic mass is 10.1. The molecule has 0 N–H and O–H groups in total. The Hall–Kier alpha value is -4.67. The standard InChI is InChI=1S/C29H25F4N5O4/c1-17(27-36-26-21(5-4-12-35-26)28(40)38(27)20-9-6-18(15-34)7-10-20)37(16-25(41-2)42-3)24(39)14-19-8-11-23(30)22(13-19)29(31,32)33/h4-13,17,25H,14,16H2,1-3H3/t17-/m1/s1. The summed E-state index contributed by atoms with van der Waals surface area (Å²) in [6.45, 7) is 1.40. The van der Waals surface area contributed by atoms with Crippen molar-refractivity contribution in [2.45, 2.75) is 31.9 Å². The molecule has 0 unspecified atom stereocenters. The van der Waals surface area contributed by atoms with Crippen molar-refractivity contribution >= 4 is 16.9 Å². The van der Waals surface area contributed by atoms with Gasteiger partial charge in [-0.15, -0.1) is 0 Å². The van der Waals surface area contributed by atoms with Gasteiger partial charge < -0.3 is 14.4 Å². The van der Waals surface area contributed by atoms with Crippen LogP contribution in [0.25, 0.3) is 16.7 Å². The third-order valence-electron chi connectivity index (χ3n) is 6.65. The zero-order valence-corrected chi connectivity index (χ0v) is 22.7. The topological polar surface area (TPSA) is 110 Å². The second-order valence-electron chi connectivity index (χ2n) is 9.26. The first-order chi connectivity index (χ1) is 20.0. The molecule has 9 nitrogen and oxygen atoms in total. The molecular formula is C29H25F4N5O4. The monoisotopic (exact) mass is 583 g/mol. The van der Waals surface area contributed by atoms with Gasteiger partial charge in [0, 0.05) is 20.4 Å². The number of amides is 1. The van der Waals surface area contributed by atoms with E-state index in [4.69, 9.17) is 9.47 Å². The lowest BCUT2D eigenvalue weighted by molar-refractivity contribution is -0.149. The fourth-order valence-electron chi connectivity index (χ4n) is 4.45. The van der Waals surface area contributed by atoms with Gasteiger partial charge in [0.15, 0.2) is 11.9 Å². The molecule has 0 aliphatic rings. The van der Waals surface area contributed by atoms with E-state index in [0.29, 0.717) is 23.4 Å². The van der Waals surface area contributed by atoms with Crippen molar-refractivity contribution in [3.8, 4) is 11.8 Å². The highest BCUT2D eigenvalue weighted by Crippen LogP contribution is 2.32. The molecule has 2 aromatic carbocycles. The van der Waals surface area contributed by atoms with Gasteiger partial charge in [0.05, 0.1) is 47.3 Å². The van der Waals surface area contributed by atoms with Crippen LogP contribution in [0.5, 0.6) is 0 Å². The molecule has 0 radical (unpaired) electrons. The van der Waals surface area contributed by atoms with Crippen LogP contribution in [0.2, 0.25) is 0 Å². The van der Waals surface area contributed by atoms with E-state index in [-0.39, 0.29) is 29.0 Å². The number of hydrogen-bond acceptors (Lipinski definition) is 7. The largest absolute Gasteiger partial charge is 0.419 e. The summed E-state index contributed by atoms with van der Waals surface area (Å²) in [6, 6.07) is 12.6. The number of methoxy groups -OCH3 is 2. The van der Waals surface area contributed by atoms with E-state index in [0.717, 1.165) is 6.07 Å². The maximum Gasteiger partial charge on any atom is 0.419 e. The number of aromatic nitrogens is 3. The van der Waals surface area contributed by atoms with E-state index < -0.39 is 47.8 Å². The molecule has 42 heavy (non-hydrogen) atoms. The first-order valence-corrected chi connectivity index (χ1v) is 12.6. The van der Waals surface area contributed by atoms with Gasteiger partial charge in [-0.2, -0.15) is 18.4 Å². The van der Waals surface area contributed by atoms with Crippen LogP contribution in [0.15, 0.2) is 65.6 Å². The number of halogens is 4. The summed E-state index contributed by atoms with van der Waals surface area (Å²) < 4.78 is 65.7. The molecule has 0 aliphatic carbocycles. The van der Waals surface area contributed by atoms with Crippen LogP contribution >= 0.6 is 0 Å². The Kier molecular flexibility index (Phi) is 8.99. The number of alkyl halides is 3. The predicted octanol–water partition coefficient (Wildman–Crippen LogP) is 4.56. The smallest absolute Gasteiger partial charge is 0.354 e. The molecular weight excluding hydrogens is 558 g/mol. The number of benzene rings is 2. The van der Waals surface area contributed by atoms with Gasteiger partial charge in [0.1, 0.15) is 11.6 Å². The van der Waals surface area contributed by atoms with Crippen molar-refractivity contribution in [2.24, 2.45) is 0 Å². The highest BCUT2D eigenvalue weighted by Gasteiger charge is 2.35. The number of ether oxygens (including phenoxy) is 2. The zero-order chi connectivity index (χ0) is 30.6. The van der Waals surface area contributed by atoms with Crippen LogP contribution in [0.3, 0.4) is 0 Å². The number of carbonyl (C=O) groups excluding carboxylic acids is 1. The maximum atomic E-state index is 13.9. The number of fused-ring (bicyclic) bond motifs is 1. The first-order valence-electron chi connectivity index (χ1n) is 12.6. The van der Waals surface area contributed by atoms with E-state index in [1.165, 1.54) is 42.0 Å². The molecule has 2 heterocycles. The number of hydrogen-bond donors (Lipinski definition) is 0. The molecule has 0 bridgehead atoms. The number of nitrogens with zero attached hydrogens (tertiary/aromatic N) is 5. The lowest BCUT2D eigenvalue weighted by Gasteiger charge is -2.32. The molecule has 13 heteroatoms. The van der Waals surface area contributed by atoms with Gasteiger partial charge >= 0.3 is 6.18 Å². The van der Waals surface area contributed by atoms with E-state index in [2.05, 4.69) is 9.97 Å². The summed E-state index contributed by atoms with van der Waals surface area (Å²) in [4.78, 5) is 37.4. The molecule has 0 aliphatic heterocycles. The summed E-state index contributed by atoms with van der Waals surface area (Å²) in [5, 5.41) is 9.41. The Balaban J connectivity index is 1.84. The highest BCUT2D eigenvalue weighted by atomic mass is 19.4. The predicted molar refractivity (Wildman–Crippen MR) is 143 cm³/mol. The Morgan fingerprint density at radius 3 is 2.43 bits per heavy atom. The molecule has 1 atom stereocenters. The van der Waals surface area contributed by atoms with E-state index in [1.54, 1.807) is 31.2 Å².